The van der Waals surface area contributed by atoms with Crippen LogP contribution >= 0.6 is 0 Å². The highest BCUT2D eigenvalue weighted by Crippen LogP contribution is 2.44. The van der Waals surface area contributed by atoms with Crippen molar-refractivity contribution in [1.82, 2.24) is 19.9 Å². The molecule has 1 fully saturated rings. The van der Waals surface area contributed by atoms with Gasteiger partial charge in [-0.15, -0.1) is 0 Å². The maximum absolute atomic E-state index is 13.4. The number of hydrogen-bond donors (Lipinski definition) is 1. The first-order chi connectivity index (χ1) is 22.5. The Hall–Kier alpha value is -3.58. The Bertz CT molecular complexity index is 1620. The Kier molecular flexibility index (Phi) is 10.2. The van der Waals surface area contributed by atoms with Crippen LogP contribution in [0.3, 0.4) is 0 Å². The minimum atomic E-state index is -2.08. The first kappa shape index (κ1) is 35.7. The number of rotatable bonds is 9. The van der Waals surface area contributed by atoms with E-state index in [2.05, 4.69) is 74.2 Å². The molecule has 260 valence electrons. The van der Waals surface area contributed by atoms with E-state index in [1.807, 2.05) is 32.9 Å². The number of carbonyl (C=O) groups is 1. The van der Waals surface area contributed by atoms with E-state index >= 15 is 0 Å². The molecule has 4 heterocycles. The molecule has 2 aliphatic rings. The van der Waals surface area contributed by atoms with Gasteiger partial charge in [-0.05, 0) is 68.7 Å². The van der Waals surface area contributed by atoms with Gasteiger partial charge < -0.3 is 24.0 Å². The van der Waals surface area contributed by atoms with Gasteiger partial charge in [-0.25, -0.2) is 19.7 Å². The van der Waals surface area contributed by atoms with Crippen LogP contribution < -0.4 is 15.0 Å². The highest BCUT2D eigenvalue weighted by molar-refractivity contribution is 6.74. The average molecular weight is 677 g/mol. The zero-order valence-electron chi connectivity index (χ0n) is 30.3. The number of benzene rings is 1. The van der Waals surface area contributed by atoms with Crippen LogP contribution in [-0.2, 0) is 25.9 Å². The molecule has 0 aliphatic carbocycles. The lowest BCUT2D eigenvalue weighted by Crippen LogP contribution is -2.46. The van der Waals surface area contributed by atoms with Crippen molar-refractivity contribution in [3.05, 3.63) is 53.9 Å². The van der Waals surface area contributed by atoms with Crippen molar-refractivity contribution < 1.29 is 23.4 Å². The first-order valence-corrected chi connectivity index (χ1v) is 19.6. The highest BCUT2D eigenvalue weighted by atomic mass is 28.4. The second-order valence-corrected chi connectivity index (χ2v) is 20.4. The Labute approximate surface area is 286 Å². The fourth-order valence-electron chi connectivity index (χ4n) is 5.57. The summed E-state index contributed by atoms with van der Waals surface area (Å²) in [6.45, 7) is 24.0. The van der Waals surface area contributed by atoms with Gasteiger partial charge in [-0.2, -0.15) is 0 Å². The summed E-state index contributed by atoms with van der Waals surface area (Å²) in [6.07, 6.45) is 3.06. The first-order valence-electron chi connectivity index (χ1n) is 16.7. The minimum Gasteiger partial charge on any atom is -0.495 e. The van der Waals surface area contributed by atoms with Gasteiger partial charge in [-0.3, -0.25) is 9.80 Å². The van der Waals surface area contributed by atoms with E-state index < -0.39 is 25.4 Å². The summed E-state index contributed by atoms with van der Waals surface area (Å²) in [5.74, 6) is 1.74. The average Bonchev–Trinajstić information content (AvgIpc) is 3.32. The van der Waals surface area contributed by atoms with Crippen LogP contribution in [0.2, 0.25) is 18.1 Å². The van der Waals surface area contributed by atoms with Gasteiger partial charge in [-0.1, -0.05) is 33.8 Å². The standard InChI is InChI=1S/C36H52N6O5Si/c1-34(2,3)47-33(43)42-23-36(7,24-46-48(9,10)35(4,5)6)27-20-26(21-38-31(27)42)28-13-14-37-32(39-28)40-29-12-11-25(19-30(29)44-8)22-41-15-17-45-18-16-41/h11-14,19-21H,15-18,22-24H2,1-10H3,(H,37,39,40). The summed E-state index contributed by atoms with van der Waals surface area (Å²) in [7, 11) is -0.409. The summed E-state index contributed by atoms with van der Waals surface area (Å²) in [6, 6.07) is 10.1. The molecular formula is C36H52N6O5Si. The van der Waals surface area contributed by atoms with Crippen LogP contribution in [0.5, 0.6) is 5.75 Å². The fraction of sp³-hybridized carbons (Fsp3) is 0.556. The number of nitrogens with one attached hydrogen (secondary N) is 1. The number of aromatic nitrogens is 3. The molecule has 0 saturated carbocycles. The second kappa shape index (κ2) is 13.7. The van der Waals surface area contributed by atoms with Crippen molar-refractivity contribution in [2.75, 3.05) is 56.8 Å². The van der Waals surface area contributed by atoms with Crippen LogP contribution in [0.15, 0.2) is 42.7 Å². The van der Waals surface area contributed by atoms with Crippen LogP contribution in [0.25, 0.3) is 11.3 Å². The molecule has 1 aromatic carbocycles. The summed E-state index contributed by atoms with van der Waals surface area (Å²) < 4.78 is 23.8. The van der Waals surface area contributed by atoms with Crippen LogP contribution in [0.4, 0.5) is 22.2 Å². The van der Waals surface area contributed by atoms with Crippen LogP contribution in [-0.4, -0.2) is 86.4 Å². The Morgan fingerprint density at radius 2 is 1.79 bits per heavy atom. The SMILES string of the molecule is COc1cc(CN2CCOCC2)ccc1Nc1nccc(-c2cnc3c(c2)C(C)(CO[Si](C)(C)C(C)(C)C)CN3C(=O)OC(C)(C)C)n1. The molecule has 0 spiro atoms. The van der Waals surface area contributed by atoms with Gasteiger partial charge >= 0.3 is 6.09 Å². The molecule has 11 nitrogen and oxygen atoms in total. The number of nitrogens with zero attached hydrogens (tertiary/aromatic N) is 5. The fourth-order valence-corrected chi connectivity index (χ4v) is 6.68. The van der Waals surface area contributed by atoms with E-state index in [-0.39, 0.29) is 5.04 Å². The molecule has 3 aromatic rings. The largest absolute Gasteiger partial charge is 0.495 e. The Morgan fingerprint density at radius 3 is 2.46 bits per heavy atom. The number of ether oxygens (including phenoxy) is 3. The van der Waals surface area contributed by atoms with Crippen molar-refractivity contribution in [1.29, 1.82) is 0 Å². The zero-order valence-corrected chi connectivity index (χ0v) is 31.3. The number of carbonyl (C=O) groups excluding carboxylic acids is 1. The van der Waals surface area contributed by atoms with E-state index in [4.69, 9.17) is 28.6 Å². The van der Waals surface area contributed by atoms with Gasteiger partial charge in [0.2, 0.25) is 5.95 Å². The summed E-state index contributed by atoms with van der Waals surface area (Å²) in [4.78, 5) is 31.6. The molecule has 1 amide bonds. The second-order valence-electron chi connectivity index (χ2n) is 15.6. The van der Waals surface area contributed by atoms with Gasteiger partial charge in [0.15, 0.2) is 8.32 Å². The molecule has 12 heteroatoms. The minimum absolute atomic E-state index is 0.0475. The zero-order chi connectivity index (χ0) is 34.9. The number of methoxy groups -OCH3 is 1. The van der Waals surface area contributed by atoms with Gasteiger partial charge in [0.05, 0.1) is 31.7 Å². The molecule has 1 unspecified atom stereocenters. The van der Waals surface area contributed by atoms with Crippen LogP contribution in [0, 0.1) is 0 Å². The highest BCUT2D eigenvalue weighted by Gasteiger charge is 2.47. The van der Waals surface area contributed by atoms with Crippen molar-refractivity contribution in [3.63, 3.8) is 0 Å². The van der Waals surface area contributed by atoms with E-state index in [1.54, 1.807) is 24.4 Å². The summed E-state index contributed by atoms with van der Waals surface area (Å²) in [5.41, 5.74) is 3.25. The number of anilines is 3. The predicted octanol–water partition coefficient (Wildman–Crippen LogP) is 7.16. The number of amides is 1. The van der Waals surface area contributed by atoms with E-state index in [0.29, 0.717) is 36.4 Å². The molecular weight excluding hydrogens is 625 g/mol. The lowest BCUT2D eigenvalue weighted by molar-refractivity contribution is 0.0341. The molecule has 0 bridgehead atoms. The monoisotopic (exact) mass is 676 g/mol. The molecule has 5 rings (SSSR count). The third-order valence-electron chi connectivity index (χ3n) is 9.42. The molecule has 1 saturated heterocycles. The number of morpholine rings is 1. The molecule has 1 atom stereocenters. The van der Waals surface area contributed by atoms with Gasteiger partial charge in [0.25, 0.3) is 0 Å². The molecule has 0 radical (unpaired) electrons. The number of fused-ring (bicyclic) bond motifs is 1. The lowest BCUT2D eigenvalue weighted by atomic mass is 9.85. The van der Waals surface area contributed by atoms with Crippen molar-refractivity contribution in [2.24, 2.45) is 0 Å². The molecule has 2 aromatic heterocycles. The third-order valence-corrected chi connectivity index (χ3v) is 13.9. The van der Waals surface area contributed by atoms with Crippen molar-refractivity contribution in [2.45, 2.75) is 84.2 Å². The maximum atomic E-state index is 13.4. The van der Waals surface area contributed by atoms with Gasteiger partial charge in [0.1, 0.15) is 17.2 Å². The normalized spacial score (nSPS) is 18.8. The van der Waals surface area contributed by atoms with E-state index in [0.717, 1.165) is 49.7 Å². The summed E-state index contributed by atoms with van der Waals surface area (Å²) in [5, 5.41) is 3.39. The lowest BCUT2D eigenvalue weighted by Gasteiger charge is -2.39. The van der Waals surface area contributed by atoms with E-state index in [1.165, 1.54) is 5.56 Å². The topological polar surface area (TPSA) is 111 Å². The third kappa shape index (κ3) is 8.16. The summed E-state index contributed by atoms with van der Waals surface area (Å²) >= 11 is 0. The number of pyridine rings is 1. The smallest absolute Gasteiger partial charge is 0.416 e. The number of hydrogen-bond acceptors (Lipinski definition) is 10. The van der Waals surface area contributed by atoms with Gasteiger partial charge in [0, 0.05) is 61.7 Å². The van der Waals surface area contributed by atoms with E-state index in [9.17, 15) is 4.79 Å². The van der Waals surface area contributed by atoms with Crippen molar-refractivity contribution >= 4 is 31.9 Å². The molecule has 1 N–H and O–H groups in total. The maximum Gasteiger partial charge on any atom is 0.416 e. The molecule has 48 heavy (non-hydrogen) atoms. The van der Waals surface area contributed by atoms with Crippen molar-refractivity contribution in [3.8, 4) is 17.0 Å². The predicted molar refractivity (Wildman–Crippen MR) is 192 cm³/mol. The quantitative estimate of drug-likeness (QED) is 0.235. The van der Waals surface area contributed by atoms with Crippen LogP contribution in [0.1, 0.15) is 59.6 Å². The Balaban J connectivity index is 1.42. The Morgan fingerprint density at radius 1 is 1.06 bits per heavy atom. The molecule has 2 aliphatic heterocycles.